The summed E-state index contributed by atoms with van der Waals surface area (Å²) in [4.78, 5) is 5.73. The molecule has 1 saturated heterocycles. The topological polar surface area (TPSA) is 81.3 Å². The molecule has 1 unspecified atom stereocenters. The summed E-state index contributed by atoms with van der Waals surface area (Å²) in [5, 5.41) is 15.4. The number of fused-ring (bicyclic) bond motifs is 1. The summed E-state index contributed by atoms with van der Waals surface area (Å²) in [5.41, 5.74) is -0.253. The quantitative estimate of drug-likeness (QED) is 0.709. The van der Waals surface area contributed by atoms with E-state index in [2.05, 4.69) is 25.6 Å². The van der Waals surface area contributed by atoms with Crippen molar-refractivity contribution in [3.63, 3.8) is 0 Å². The van der Waals surface area contributed by atoms with Crippen LogP contribution >= 0.6 is 0 Å². The summed E-state index contributed by atoms with van der Waals surface area (Å²) >= 11 is 0. The number of pyridine rings is 1. The van der Waals surface area contributed by atoms with Crippen LogP contribution in [0.1, 0.15) is 12.0 Å². The largest absolute Gasteiger partial charge is 0.472 e. The molecule has 11 heteroatoms. The minimum absolute atomic E-state index is 0.170. The molecule has 3 aromatic rings. The van der Waals surface area contributed by atoms with E-state index >= 15 is 0 Å². The van der Waals surface area contributed by atoms with E-state index in [1.165, 1.54) is 10.7 Å². The van der Waals surface area contributed by atoms with Gasteiger partial charge >= 0.3 is 6.18 Å². The summed E-state index contributed by atoms with van der Waals surface area (Å²) in [6.45, 7) is 1.25. The van der Waals surface area contributed by atoms with Gasteiger partial charge in [-0.1, -0.05) is 0 Å². The average molecular weight is 351 g/mol. The van der Waals surface area contributed by atoms with Crippen molar-refractivity contribution < 1.29 is 17.9 Å². The molecule has 8 nitrogen and oxygen atoms in total. The van der Waals surface area contributed by atoms with Gasteiger partial charge in [-0.05, 0) is 28.6 Å². The number of rotatable bonds is 3. The lowest BCUT2D eigenvalue weighted by Gasteiger charge is -2.17. The second-order valence-electron chi connectivity index (χ2n) is 5.58. The Labute approximate surface area is 139 Å². The molecule has 1 fully saturated rings. The van der Waals surface area contributed by atoms with Crippen LogP contribution in [0.3, 0.4) is 0 Å². The number of anilines is 1. The van der Waals surface area contributed by atoms with Crippen LogP contribution in [0, 0.1) is 0 Å². The third-order valence-corrected chi connectivity index (χ3v) is 3.88. The number of aromatic nitrogens is 6. The van der Waals surface area contributed by atoms with Gasteiger partial charge in [0.1, 0.15) is 6.10 Å². The van der Waals surface area contributed by atoms with Gasteiger partial charge in [0.05, 0.1) is 12.1 Å². The standard InChI is InChI=1S/C14H12F3N7O/c15-14(16,17)9-1-4-13(18-7-9)25-10-5-6-23(8-10)12-3-2-11-19-21-22-24(11)20-12/h1-4,7,10H,5-6,8H2. The predicted octanol–water partition coefficient (Wildman–Crippen LogP) is 1.59. The zero-order valence-corrected chi connectivity index (χ0v) is 12.8. The number of hydrogen-bond donors (Lipinski definition) is 0. The highest BCUT2D eigenvalue weighted by Gasteiger charge is 2.31. The lowest BCUT2D eigenvalue weighted by molar-refractivity contribution is -0.137. The fourth-order valence-electron chi connectivity index (χ4n) is 2.63. The molecule has 3 aromatic heterocycles. The first-order valence-corrected chi connectivity index (χ1v) is 7.49. The third kappa shape index (κ3) is 3.16. The molecule has 0 bridgehead atoms. The summed E-state index contributed by atoms with van der Waals surface area (Å²) < 4.78 is 44.6. The Morgan fingerprint density at radius 3 is 2.80 bits per heavy atom. The zero-order valence-electron chi connectivity index (χ0n) is 12.8. The minimum Gasteiger partial charge on any atom is -0.472 e. The first kappa shape index (κ1) is 15.5. The summed E-state index contributed by atoms with van der Waals surface area (Å²) in [6.07, 6.45) is -3.11. The van der Waals surface area contributed by atoms with Gasteiger partial charge in [0.15, 0.2) is 11.5 Å². The molecule has 0 aliphatic carbocycles. The van der Waals surface area contributed by atoms with E-state index in [1.807, 2.05) is 11.0 Å². The monoisotopic (exact) mass is 351 g/mol. The summed E-state index contributed by atoms with van der Waals surface area (Å²) in [5.74, 6) is 0.870. The Hall–Kier alpha value is -2.98. The van der Waals surface area contributed by atoms with Crippen molar-refractivity contribution in [2.24, 2.45) is 0 Å². The normalized spacial score (nSPS) is 18.0. The van der Waals surface area contributed by atoms with E-state index in [1.54, 1.807) is 6.07 Å². The highest BCUT2D eigenvalue weighted by molar-refractivity contribution is 5.45. The number of alkyl halides is 3. The van der Waals surface area contributed by atoms with E-state index < -0.39 is 11.7 Å². The smallest absolute Gasteiger partial charge is 0.417 e. The maximum Gasteiger partial charge on any atom is 0.417 e. The number of halogens is 3. The van der Waals surface area contributed by atoms with E-state index in [0.29, 0.717) is 31.0 Å². The molecule has 0 radical (unpaired) electrons. The molecule has 130 valence electrons. The van der Waals surface area contributed by atoms with Gasteiger partial charge in [0.25, 0.3) is 0 Å². The highest BCUT2D eigenvalue weighted by atomic mass is 19.4. The Morgan fingerprint density at radius 2 is 2.04 bits per heavy atom. The molecule has 0 spiro atoms. The maximum absolute atomic E-state index is 12.5. The molecular weight excluding hydrogens is 339 g/mol. The van der Waals surface area contributed by atoms with Gasteiger partial charge in [0, 0.05) is 25.2 Å². The third-order valence-electron chi connectivity index (χ3n) is 3.88. The van der Waals surface area contributed by atoms with Crippen LogP contribution in [-0.2, 0) is 6.18 Å². The van der Waals surface area contributed by atoms with Gasteiger partial charge in [-0.3, -0.25) is 0 Å². The molecule has 1 aliphatic rings. The van der Waals surface area contributed by atoms with Crippen LogP contribution in [0.4, 0.5) is 19.0 Å². The van der Waals surface area contributed by atoms with Crippen molar-refractivity contribution in [2.45, 2.75) is 18.7 Å². The van der Waals surface area contributed by atoms with Crippen molar-refractivity contribution in [1.29, 1.82) is 0 Å². The molecule has 0 saturated carbocycles. The first-order chi connectivity index (χ1) is 12.0. The van der Waals surface area contributed by atoms with Crippen LogP contribution in [0.25, 0.3) is 5.65 Å². The molecule has 25 heavy (non-hydrogen) atoms. The van der Waals surface area contributed by atoms with Gasteiger partial charge in [-0.2, -0.15) is 13.2 Å². The number of tetrazole rings is 1. The van der Waals surface area contributed by atoms with Gasteiger partial charge in [0.2, 0.25) is 5.88 Å². The van der Waals surface area contributed by atoms with Crippen molar-refractivity contribution >= 4 is 11.5 Å². The molecule has 1 atom stereocenters. The zero-order chi connectivity index (χ0) is 17.4. The van der Waals surface area contributed by atoms with Crippen LogP contribution in [0.15, 0.2) is 30.5 Å². The summed E-state index contributed by atoms with van der Waals surface area (Å²) in [6, 6.07) is 5.76. The summed E-state index contributed by atoms with van der Waals surface area (Å²) in [7, 11) is 0. The molecule has 4 heterocycles. The fraction of sp³-hybridized carbons (Fsp3) is 0.357. The Balaban J connectivity index is 1.42. The van der Waals surface area contributed by atoms with Crippen LogP contribution < -0.4 is 9.64 Å². The van der Waals surface area contributed by atoms with Crippen molar-refractivity contribution in [2.75, 3.05) is 18.0 Å². The molecule has 0 N–H and O–H groups in total. The molecular formula is C14H12F3N7O. The van der Waals surface area contributed by atoms with E-state index in [-0.39, 0.29) is 12.0 Å². The fourth-order valence-corrected chi connectivity index (χ4v) is 2.63. The van der Waals surface area contributed by atoms with Gasteiger partial charge in [-0.25, -0.2) is 4.98 Å². The molecule has 0 aromatic carbocycles. The Kier molecular flexibility index (Phi) is 3.62. The highest BCUT2D eigenvalue weighted by Crippen LogP contribution is 2.29. The van der Waals surface area contributed by atoms with Crippen molar-refractivity contribution in [3.8, 4) is 5.88 Å². The van der Waals surface area contributed by atoms with Crippen molar-refractivity contribution in [1.82, 2.24) is 30.2 Å². The van der Waals surface area contributed by atoms with Crippen LogP contribution in [-0.4, -0.2) is 49.4 Å². The lowest BCUT2D eigenvalue weighted by Crippen LogP contribution is -2.26. The number of hydrogen-bond acceptors (Lipinski definition) is 7. The molecule has 1 aliphatic heterocycles. The maximum atomic E-state index is 12.5. The molecule has 0 amide bonds. The van der Waals surface area contributed by atoms with E-state index in [0.717, 1.165) is 12.3 Å². The van der Waals surface area contributed by atoms with Crippen LogP contribution in [0.2, 0.25) is 0 Å². The van der Waals surface area contributed by atoms with E-state index in [4.69, 9.17) is 4.74 Å². The second-order valence-corrected chi connectivity index (χ2v) is 5.58. The lowest BCUT2D eigenvalue weighted by atomic mass is 10.3. The van der Waals surface area contributed by atoms with Gasteiger partial charge < -0.3 is 9.64 Å². The first-order valence-electron chi connectivity index (χ1n) is 7.49. The van der Waals surface area contributed by atoms with Crippen LogP contribution in [0.5, 0.6) is 5.88 Å². The van der Waals surface area contributed by atoms with Crippen molar-refractivity contribution in [3.05, 3.63) is 36.0 Å². The number of nitrogens with zero attached hydrogens (tertiary/aromatic N) is 7. The Morgan fingerprint density at radius 1 is 1.16 bits per heavy atom. The second kappa shape index (κ2) is 5.83. The number of ether oxygens (including phenoxy) is 1. The predicted molar refractivity (Wildman–Crippen MR) is 79.1 cm³/mol. The molecule has 4 rings (SSSR count). The SMILES string of the molecule is FC(F)(F)c1ccc(OC2CCN(c3ccc4nnnn4n3)C2)nc1. The Bertz CT molecular complexity index is 880. The van der Waals surface area contributed by atoms with E-state index in [9.17, 15) is 13.2 Å². The minimum atomic E-state index is -4.41. The van der Waals surface area contributed by atoms with Gasteiger partial charge in [-0.15, -0.1) is 14.8 Å². The average Bonchev–Trinajstić information content (AvgIpc) is 3.22.